The van der Waals surface area contributed by atoms with Crippen LogP contribution in [0, 0.1) is 0 Å². The monoisotopic (exact) mass is 251 g/mol. The Kier molecular flexibility index (Phi) is 2.09. The van der Waals surface area contributed by atoms with E-state index in [0.29, 0.717) is 5.95 Å². The molecule has 1 aromatic carbocycles. The predicted octanol–water partition coefficient (Wildman–Crippen LogP) is 1.93. The Morgan fingerprint density at radius 2 is 1.95 bits per heavy atom. The number of benzene rings is 1. The van der Waals surface area contributed by atoms with E-state index in [-0.39, 0.29) is 0 Å². The minimum atomic E-state index is 0.667. The van der Waals surface area contributed by atoms with E-state index in [1.54, 1.807) is 4.52 Å². The Hall–Kier alpha value is -2.43. The van der Waals surface area contributed by atoms with Crippen LogP contribution in [0.3, 0.4) is 0 Å². The highest BCUT2D eigenvalue weighted by atomic mass is 15.4. The van der Waals surface area contributed by atoms with Crippen LogP contribution in [0.5, 0.6) is 0 Å². The molecule has 0 fully saturated rings. The van der Waals surface area contributed by atoms with E-state index in [2.05, 4.69) is 45.8 Å². The lowest BCUT2D eigenvalue weighted by Gasteiger charge is -2.18. The third-order valence-electron chi connectivity index (χ3n) is 3.63. The SMILES string of the molecule is CNc1nnc2cc3c(nn12)-c1ccccc1CC3. The molecule has 1 N–H and O–H groups in total. The van der Waals surface area contributed by atoms with Gasteiger partial charge in [-0.2, -0.15) is 9.61 Å². The molecule has 4 rings (SSSR count). The molecule has 1 aliphatic carbocycles. The van der Waals surface area contributed by atoms with Crippen LogP contribution in [0.15, 0.2) is 30.3 Å². The molecule has 0 aliphatic heterocycles. The minimum absolute atomic E-state index is 0.667. The molecule has 0 radical (unpaired) electrons. The lowest BCUT2D eigenvalue weighted by atomic mass is 9.89. The predicted molar refractivity (Wildman–Crippen MR) is 73.2 cm³/mol. The molecule has 0 saturated heterocycles. The second-order valence-electron chi connectivity index (χ2n) is 4.72. The summed E-state index contributed by atoms with van der Waals surface area (Å²) in [5, 5.41) is 15.9. The number of aromatic nitrogens is 4. The van der Waals surface area contributed by atoms with Gasteiger partial charge in [-0.3, -0.25) is 0 Å². The van der Waals surface area contributed by atoms with Crippen LogP contribution in [0.25, 0.3) is 16.9 Å². The maximum absolute atomic E-state index is 4.72. The molecule has 0 bridgehead atoms. The zero-order valence-corrected chi connectivity index (χ0v) is 10.6. The summed E-state index contributed by atoms with van der Waals surface area (Å²) in [6.07, 6.45) is 2.08. The fourth-order valence-corrected chi connectivity index (χ4v) is 2.68. The molecule has 5 nitrogen and oxygen atoms in total. The molecule has 5 heteroatoms. The van der Waals surface area contributed by atoms with E-state index in [4.69, 9.17) is 5.10 Å². The van der Waals surface area contributed by atoms with Gasteiger partial charge >= 0.3 is 0 Å². The van der Waals surface area contributed by atoms with Gasteiger partial charge in [0.25, 0.3) is 0 Å². The van der Waals surface area contributed by atoms with Gasteiger partial charge in [-0.15, -0.1) is 10.2 Å². The second-order valence-corrected chi connectivity index (χ2v) is 4.72. The maximum Gasteiger partial charge on any atom is 0.245 e. The molecule has 19 heavy (non-hydrogen) atoms. The Labute approximate surface area is 110 Å². The molecule has 1 aliphatic rings. The van der Waals surface area contributed by atoms with Gasteiger partial charge in [-0.25, -0.2) is 0 Å². The molecule has 0 atom stereocenters. The Morgan fingerprint density at radius 1 is 1.11 bits per heavy atom. The van der Waals surface area contributed by atoms with Crippen molar-refractivity contribution in [2.45, 2.75) is 12.8 Å². The van der Waals surface area contributed by atoms with Crippen molar-refractivity contribution >= 4 is 11.6 Å². The van der Waals surface area contributed by atoms with E-state index in [9.17, 15) is 0 Å². The fraction of sp³-hybridized carbons (Fsp3) is 0.214. The summed E-state index contributed by atoms with van der Waals surface area (Å²) < 4.78 is 1.76. The van der Waals surface area contributed by atoms with Crippen LogP contribution < -0.4 is 5.32 Å². The lowest BCUT2D eigenvalue weighted by Crippen LogP contribution is -2.09. The number of hydrogen-bond donors (Lipinski definition) is 1. The van der Waals surface area contributed by atoms with Crippen molar-refractivity contribution in [1.29, 1.82) is 0 Å². The number of nitrogens with one attached hydrogen (secondary N) is 1. The van der Waals surface area contributed by atoms with Gasteiger partial charge in [0.05, 0.1) is 5.69 Å². The lowest BCUT2D eigenvalue weighted by molar-refractivity contribution is 0.870. The number of hydrogen-bond acceptors (Lipinski definition) is 4. The summed E-state index contributed by atoms with van der Waals surface area (Å²) in [4.78, 5) is 0. The first-order valence-corrected chi connectivity index (χ1v) is 6.38. The Balaban J connectivity index is 2.03. The van der Waals surface area contributed by atoms with Gasteiger partial charge in [0.15, 0.2) is 5.65 Å². The highest BCUT2D eigenvalue weighted by Crippen LogP contribution is 2.32. The van der Waals surface area contributed by atoms with Crippen LogP contribution in [0.2, 0.25) is 0 Å². The molecular weight excluding hydrogens is 238 g/mol. The quantitative estimate of drug-likeness (QED) is 0.718. The Bertz CT molecular complexity index is 775. The molecule has 0 saturated carbocycles. The molecule has 2 aromatic heterocycles. The summed E-state index contributed by atoms with van der Waals surface area (Å²) in [6.45, 7) is 0. The Morgan fingerprint density at radius 3 is 2.84 bits per heavy atom. The topological polar surface area (TPSA) is 55.1 Å². The van der Waals surface area contributed by atoms with Crippen LogP contribution in [0.1, 0.15) is 11.1 Å². The highest BCUT2D eigenvalue weighted by molar-refractivity contribution is 5.70. The fourth-order valence-electron chi connectivity index (χ4n) is 2.68. The molecule has 0 unspecified atom stereocenters. The van der Waals surface area contributed by atoms with Crippen molar-refractivity contribution in [3.63, 3.8) is 0 Å². The zero-order chi connectivity index (χ0) is 12.8. The van der Waals surface area contributed by atoms with Crippen molar-refractivity contribution < 1.29 is 0 Å². The first-order valence-electron chi connectivity index (χ1n) is 6.38. The zero-order valence-electron chi connectivity index (χ0n) is 10.6. The van der Waals surface area contributed by atoms with Crippen molar-refractivity contribution in [2.75, 3.05) is 12.4 Å². The van der Waals surface area contributed by atoms with Crippen molar-refractivity contribution in [1.82, 2.24) is 19.8 Å². The van der Waals surface area contributed by atoms with Crippen LogP contribution in [0.4, 0.5) is 5.95 Å². The van der Waals surface area contributed by atoms with E-state index < -0.39 is 0 Å². The highest BCUT2D eigenvalue weighted by Gasteiger charge is 2.19. The second kappa shape index (κ2) is 3.78. The van der Waals surface area contributed by atoms with E-state index in [1.807, 2.05) is 7.05 Å². The summed E-state index contributed by atoms with van der Waals surface area (Å²) in [7, 11) is 1.82. The van der Waals surface area contributed by atoms with Crippen LogP contribution in [-0.4, -0.2) is 26.9 Å². The molecular formula is C14H13N5. The number of nitrogens with zero attached hydrogens (tertiary/aromatic N) is 4. The number of fused-ring (bicyclic) bond motifs is 4. The van der Waals surface area contributed by atoms with Gasteiger partial charge < -0.3 is 5.32 Å². The average molecular weight is 251 g/mol. The van der Waals surface area contributed by atoms with Gasteiger partial charge in [-0.1, -0.05) is 24.3 Å². The first-order chi connectivity index (χ1) is 9.36. The number of aryl methyl sites for hydroxylation is 2. The summed E-state index contributed by atoms with van der Waals surface area (Å²) >= 11 is 0. The van der Waals surface area contributed by atoms with Crippen LogP contribution in [-0.2, 0) is 12.8 Å². The van der Waals surface area contributed by atoms with E-state index in [1.165, 1.54) is 16.7 Å². The molecule has 94 valence electrons. The molecule has 0 amide bonds. The van der Waals surface area contributed by atoms with E-state index >= 15 is 0 Å². The molecule has 2 heterocycles. The minimum Gasteiger partial charge on any atom is -0.356 e. The smallest absolute Gasteiger partial charge is 0.245 e. The average Bonchev–Trinajstić information content (AvgIpc) is 2.87. The van der Waals surface area contributed by atoms with Gasteiger partial charge in [0.2, 0.25) is 5.95 Å². The number of anilines is 1. The van der Waals surface area contributed by atoms with Gasteiger partial charge in [0.1, 0.15) is 0 Å². The van der Waals surface area contributed by atoms with Gasteiger partial charge in [-0.05, 0) is 30.0 Å². The van der Waals surface area contributed by atoms with Crippen molar-refractivity contribution in [3.8, 4) is 11.3 Å². The first kappa shape index (κ1) is 10.5. The number of rotatable bonds is 1. The third-order valence-corrected chi connectivity index (χ3v) is 3.63. The standard InChI is InChI=1S/C14H13N5/c1-15-14-17-16-12-8-10-7-6-9-4-2-3-5-11(9)13(10)18-19(12)14/h2-5,8H,6-7H2,1H3,(H,15,17). The van der Waals surface area contributed by atoms with Crippen molar-refractivity contribution in [2.24, 2.45) is 0 Å². The van der Waals surface area contributed by atoms with E-state index in [0.717, 1.165) is 24.2 Å². The maximum atomic E-state index is 4.72. The van der Waals surface area contributed by atoms with Gasteiger partial charge in [0, 0.05) is 12.6 Å². The summed E-state index contributed by atoms with van der Waals surface area (Å²) in [6, 6.07) is 10.5. The largest absolute Gasteiger partial charge is 0.356 e. The van der Waals surface area contributed by atoms with Crippen molar-refractivity contribution in [3.05, 3.63) is 41.5 Å². The van der Waals surface area contributed by atoms with Crippen LogP contribution >= 0.6 is 0 Å². The summed E-state index contributed by atoms with van der Waals surface area (Å²) in [5.74, 6) is 0.667. The third kappa shape index (κ3) is 1.44. The summed E-state index contributed by atoms with van der Waals surface area (Å²) in [5.41, 5.74) is 5.68. The molecule has 0 spiro atoms. The molecule has 3 aromatic rings. The normalized spacial score (nSPS) is 13.1.